The SMILES string of the molecule is Cc1ccc(C)c(S(=O)(=O)Nc2c(F)cccc2F)c1. The molecule has 0 fully saturated rings. The minimum atomic E-state index is -4.04. The van der Waals surface area contributed by atoms with Crippen molar-refractivity contribution in [2.75, 3.05) is 4.72 Å². The van der Waals surface area contributed by atoms with Crippen LogP contribution in [0.25, 0.3) is 0 Å². The van der Waals surface area contributed by atoms with Gasteiger partial charge in [0.05, 0.1) is 4.90 Å². The van der Waals surface area contributed by atoms with E-state index in [1.165, 1.54) is 12.1 Å². The molecule has 0 saturated carbocycles. The van der Waals surface area contributed by atoms with Crippen LogP contribution < -0.4 is 4.72 Å². The highest BCUT2D eigenvalue weighted by molar-refractivity contribution is 7.92. The highest BCUT2D eigenvalue weighted by Gasteiger charge is 2.20. The van der Waals surface area contributed by atoms with Crippen molar-refractivity contribution in [3.8, 4) is 0 Å². The summed E-state index contributed by atoms with van der Waals surface area (Å²) in [6, 6.07) is 8.00. The van der Waals surface area contributed by atoms with Crippen LogP contribution in [0.5, 0.6) is 0 Å². The maximum atomic E-state index is 13.5. The van der Waals surface area contributed by atoms with Crippen molar-refractivity contribution in [2.24, 2.45) is 0 Å². The Balaban J connectivity index is 2.49. The van der Waals surface area contributed by atoms with E-state index in [-0.39, 0.29) is 4.90 Å². The third kappa shape index (κ3) is 2.80. The van der Waals surface area contributed by atoms with Crippen LogP contribution in [0.4, 0.5) is 14.5 Å². The van der Waals surface area contributed by atoms with Gasteiger partial charge in [-0.05, 0) is 43.2 Å². The summed E-state index contributed by atoms with van der Waals surface area (Å²) < 4.78 is 53.4. The van der Waals surface area contributed by atoms with Gasteiger partial charge in [0.15, 0.2) is 0 Å². The molecule has 106 valence electrons. The average Bonchev–Trinajstić information content (AvgIpc) is 2.37. The number of hydrogen-bond donors (Lipinski definition) is 1. The maximum Gasteiger partial charge on any atom is 0.262 e. The molecule has 0 heterocycles. The van der Waals surface area contributed by atoms with Gasteiger partial charge >= 0.3 is 0 Å². The first-order valence-electron chi connectivity index (χ1n) is 5.85. The Bertz CT molecular complexity index is 738. The van der Waals surface area contributed by atoms with E-state index in [9.17, 15) is 17.2 Å². The fourth-order valence-electron chi connectivity index (χ4n) is 1.78. The molecule has 0 bridgehead atoms. The first-order chi connectivity index (χ1) is 9.31. The van der Waals surface area contributed by atoms with E-state index in [1.54, 1.807) is 26.0 Å². The molecule has 1 N–H and O–H groups in total. The lowest BCUT2D eigenvalue weighted by molar-refractivity contribution is 0.582. The van der Waals surface area contributed by atoms with Crippen molar-refractivity contribution in [1.29, 1.82) is 0 Å². The van der Waals surface area contributed by atoms with E-state index in [0.717, 1.165) is 17.7 Å². The molecule has 0 unspecified atom stereocenters. The summed E-state index contributed by atoms with van der Waals surface area (Å²) in [6.45, 7) is 3.36. The first-order valence-corrected chi connectivity index (χ1v) is 7.33. The van der Waals surface area contributed by atoms with Crippen LogP contribution in [0, 0.1) is 25.5 Å². The minimum absolute atomic E-state index is 0.000142. The molecule has 2 aromatic rings. The monoisotopic (exact) mass is 297 g/mol. The number of sulfonamides is 1. The summed E-state index contributed by atoms with van der Waals surface area (Å²) in [7, 11) is -4.04. The Morgan fingerprint density at radius 1 is 1.00 bits per heavy atom. The molecule has 20 heavy (non-hydrogen) atoms. The number of anilines is 1. The Hall–Kier alpha value is -1.95. The molecule has 2 rings (SSSR count). The number of nitrogens with one attached hydrogen (secondary N) is 1. The van der Waals surface area contributed by atoms with E-state index in [1.807, 2.05) is 4.72 Å². The van der Waals surface area contributed by atoms with E-state index in [4.69, 9.17) is 0 Å². The van der Waals surface area contributed by atoms with Crippen molar-refractivity contribution in [1.82, 2.24) is 0 Å². The largest absolute Gasteiger partial charge is 0.274 e. The third-order valence-corrected chi connectivity index (χ3v) is 4.32. The summed E-state index contributed by atoms with van der Waals surface area (Å²) in [4.78, 5) is 0.000142. The van der Waals surface area contributed by atoms with Gasteiger partial charge in [-0.15, -0.1) is 0 Å². The topological polar surface area (TPSA) is 46.2 Å². The Labute approximate surface area is 116 Å². The van der Waals surface area contributed by atoms with Gasteiger partial charge in [0.25, 0.3) is 10.0 Å². The predicted molar refractivity (Wildman–Crippen MR) is 73.1 cm³/mol. The lowest BCUT2D eigenvalue weighted by atomic mass is 10.2. The van der Waals surface area contributed by atoms with Gasteiger partial charge in [0.2, 0.25) is 0 Å². The van der Waals surface area contributed by atoms with Gasteiger partial charge in [-0.25, -0.2) is 17.2 Å². The fourth-order valence-corrected chi connectivity index (χ4v) is 3.19. The Kier molecular flexibility index (Phi) is 3.76. The van der Waals surface area contributed by atoms with Crippen LogP contribution in [0.1, 0.15) is 11.1 Å². The molecule has 0 radical (unpaired) electrons. The van der Waals surface area contributed by atoms with Crippen LogP contribution in [0.2, 0.25) is 0 Å². The molecule has 0 aliphatic rings. The second kappa shape index (κ2) is 5.20. The number of rotatable bonds is 3. The molecule has 6 heteroatoms. The highest BCUT2D eigenvalue weighted by atomic mass is 32.2. The second-order valence-corrected chi connectivity index (χ2v) is 6.12. The first kappa shape index (κ1) is 14.5. The number of hydrogen-bond acceptors (Lipinski definition) is 2. The van der Waals surface area contributed by atoms with Crippen molar-refractivity contribution in [3.63, 3.8) is 0 Å². The van der Waals surface area contributed by atoms with Crippen LogP contribution in [0.15, 0.2) is 41.3 Å². The van der Waals surface area contributed by atoms with Gasteiger partial charge in [-0.2, -0.15) is 0 Å². The predicted octanol–water partition coefficient (Wildman–Crippen LogP) is 3.38. The van der Waals surface area contributed by atoms with Crippen molar-refractivity contribution < 1.29 is 17.2 Å². The summed E-state index contributed by atoms with van der Waals surface area (Å²) in [5.41, 5.74) is 0.568. The lowest BCUT2D eigenvalue weighted by Gasteiger charge is -2.12. The van der Waals surface area contributed by atoms with E-state index in [2.05, 4.69) is 0 Å². The summed E-state index contributed by atoms with van der Waals surface area (Å²) >= 11 is 0. The molecule has 0 aromatic heterocycles. The molecule has 0 spiro atoms. The zero-order valence-electron chi connectivity index (χ0n) is 10.9. The summed E-state index contributed by atoms with van der Waals surface area (Å²) in [5.74, 6) is -1.92. The minimum Gasteiger partial charge on any atom is -0.274 e. The maximum absolute atomic E-state index is 13.5. The smallest absolute Gasteiger partial charge is 0.262 e. The molecule has 0 atom stereocenters. The normalized spacial score (nSPS) is 11.4. The number of benzene rings is 2. The zero-order chi connectivity index (χ0) is 14.9. The summed E-state index contributed by atoms with van der Waals surface area (Å²) in [6.07, 6.45) is 0. The third-order valence-electron chi connectivity index (χ3n) is 2.83. The number of para-hydroxylation sites is 1. The van der Waals surface area contributed by atoms with Crippen LogP contribution in [0.3, 0.4) is 0 Å². The number of halogens is 2. The van der Waals surface area contributed by atoms with Gasteiger partial charge in [-0.1, -0.05) is 18.2 Å². The quantitative estimate of drug-likeness (QED) is 0.944. The van der Waals surface area contributed by atoms with Crippen molar-refractivity contribution in [2.45, 2.75) is 18.7 Å². The van der Waals surface area contributed by atoms with Gasteiger partial charge in [0, 0.05) is 0 Å². The second-order valence-electron chi connectivity index (χ2n) is 4.47. The van der Waals surface area contributed by atoms with Gasteiger partial charge in [0.1, 0.15) is 17.3 Å². The van der Waals surface area contributed by atoms with Crippen molar-refractivity contribution in [3.05, 3.63) is 59.2 Å². The molecular weight excluding hydrogens is 284 g/mol. The zero-order valence-corrected chi connectivity index (χ0v) is 11.8. The Morgan fingerprint density at radius 2 is 1.60 bits per heavy atom. The van der Waals surface area contributed by atoms with E-state index in [0.29, 0.717) is 5.56 Å². The highest BCUT2D eigenvalue weighted by Crippen LogP contribution is 2.24. The molecule has 0 amide bonds. The Morgan fingerprint density at radius 3 is 2.20 bits per heavy atom. The molecule has 0 aliphatic carbocycles. The fraction of sp³-hybridized carbons (Fsp3) is 0.143. The van der Waals surface area contributed by atoms with Crippen LogP contribution in [-0.2, 0) is 10.0 Å². The summed E-state index contributed by atoms with van der Waals surface area (Å²) in [5, 5.41) is 0. The van der Waals surface area contributed by atoms with Crippen LogP contribution >= 0.6 is 0 Å². The number of aryl methyl sites for hydroxylation is 2. The molecule has 3 nitrogen and oxygen atoms in total. The molecular formula is C14H13F2NO2S. The standard InChI is InChI=1S/C14H13F2NO2S/c1-9-6-7-10(2)13(8-9)20(18,19)17-14-11(15)4-3-5-12(14)16/h3-8,17H,1-2H3. The van der Waals surface area contributed by atoms with Crippen molar-refractivity contribution >= 4 is 15.7 Å². The molecule has 2 aromatic carbocycles. The molecule has 0 saturated heterocycles. The van der Waals surface area contributed by atoms with Gasteiger partial charge < -0.3 is 0 Å². The van der Waals surface area contributed by atoms with E-state index >= 15 is 0 Å². The van der Waals surface area contributed by atoms with E-state index < -0.39 is 27.3 Å². The van der Waals surface area contributed by atoms with Gasteiger partial charge in [-0.3, -0.25) is 4.72 Å². The molecule has 0 aliphatic heterocycles. The lowest BCUT2D eigenvalue weighted by Crippen LogP contribution is -2.16. The van der Waals surface area contributed by atoms with Crippen LogP contribution in [-0.4, -0.2) is 8.42 Å². The average molecular weight is 297 g/mol.